The number of benzene rings is 2. The molecule has 0 fully saturated rings. The molecule has 0 radical (unpaired) electrons. The molecule has 4 heteroatoms. The minimum absolute atomic E-state index is 0.101. The average Bonchev–Trinajstić information content (AvgIpc) is 2.56. The van der Waals surface area contributed by atoms with Gasteiger partial charge in [-0.2, -0.15) is 0 Å². The molecule has 32 heavy (non-hydrogen) atoms. The molecule has 0 aliphatic rings. The first-order valence-corrected chi connectivity index (χ1v) is 13.5. The average molecular weight is 475 g/mol. The first-order chi connectivity index (χ1) is 14.2. The lowest BCUT2D eigenvalue weighted by molar-refractivity contribution is 0.461. The second-order valence-corrected chi connectivity index (χ2v) is 15.1. The van der Waals surface area contributed by atoms with E-state index < -0.39 is 0 Å². The Morgan fingerprint density at radius 2 is 0.625 bits per heavy atom. The van der Waals surface area contributed by atoms with E-state index in [-0.39, 0.29) is 21.7 Å². The van der Waals surface area contributed by atoms with E-state index in [0.29, 0.717) is 11.5 Å². The highest BCUT2D eigenvalue weighted by molar-refractivity contribution is 8.76. The molecule has 0 unspecified atom stereocenters. The quantitative estimate of drug-likeness (QED) is 0.435. The highest BCUT2D eigenvalue weighted by Gasteiger charge is 2.30. The molecule has 178 valence electrons. The van der Waals surface area contributed by atoms with Gasteiger partial charge in [0.2, 0.25) is 0 Å². The lowest BCUT2D eigenvalue weighted by Crippen LogP contribution is -2.19. The molecule has 2 N–H and O–H groups in total. The maximum Gasteiger partial charge on any atom is 0.116 e. The summed E-state index contributed by atoms with van der Waals surface area (Å²) >= 11 is 0. The fraction of sp³-hybridized carbons (Fsp3) is 0.571. The van der Waals surface area contributed by atoms with Crippen LogP contribution < -0.4 is 0 Å². The largest absolute Gasteiger partial charge is 0.508 e. The molecular formula is C28H42O2S2. The highest BCUT2D eigenvalue weighted by atomic mass is 33.1. The van der Waals surface area contributed by atoms with Crippen LogP contribution in [0.1, 0.15) is 105 Å². The van der Waals surface area contributed by atoms with Gasteiger partial charge in [-0.1, -0.05) is 105 Å². The van der Waals surface area contributed by atoms with Gasteiger partial charge in [-0.3, -0.25) is 0 Å². The zero-order valence-electron chi connectivity index (χ0n) is 22.0. The molecule has 2 rings (SSSR count). The zero-order valence-corrected chi connectivity index (χ0v) is 23.7. The van der Waals surface area contributed by atoms with Crippen molar-refractivity contribution in [3.8, 4) is 11.5 Å². The molecule has 0 aliphatic carbocycles. The molecule has 0 amide bonds. The van der Waals surface area contributed by atoms with Crippen LogP contribution in [0.3, 0.4) is 0 Å². The summed E-state index contributed by atoms with van der Waals surface area (Å²) in [4.78, 5) is 2.45. The standard InChI is InChI=1S/C28H42O2S2/c1-25(2,3)19-13-17(29)14-20(26(4,5)6)23(19)31-32-24-21(27(7,8)9)15-18(30)16-22(24)28(10,11)12/h13-16,29-30H,1-12H3. The minimum Gasteiger partial charge on any atom is -0.508 e. The van der Waals surface area contributed by atoms with Crippen LogP contribution in [-0.4, -0.2) is 10.2 Å². The Labute approximate surface area is 204 Å². The summed E-state index contributed by atoms with van der Waals surface area (Å²) in [5.74, 6) is 0.647. The van der Waals surface area contributed by atoms with Crippen molar-refractivity contribution in [3.63, 3.8) is 0 Å². The van der Waals surface area contributed by atoms with Gasteiger partial charge in [0.25, 0.3) is 0 Å². The summed E-state index contributed by atoms with van der Waals surface area (Å²) in [5.41, 5.74) is 4.24. The molecule has 0 saturated carbocycles. The van der Waals surface area contributed by atoms with Crippen molar-refractivity contribution in [1.82, 2.24) is 0 Å². The van der Waals surface area contributed by atoms with Gasteiger partial charge in [0.05, 0.1) is 0 Å². The first kappa shape index (κ1) is 27.0. The third-order valence-corrected chi connectivity index (χ3v) is 8.13. The van der Waals surface area contributed by atoms with Crippen LogP contribution in [0.5, 0.6) is 11.5 Å². The summed E-state index contributed by atoms with van der Waals surface area (Å²) in [6, 6.07) is 7.68. The summed E-state index contributed by atoms with van der Waals surface area (Å²) in [7, 11) is 3.56. The van der Waals surface area contributed by atoms with Crippen LogP contribution in [-0.2, 0) is 21.7 Å². The first-order valence-electron chi connectivity index (χ1n) is 11.3. The Morgan fingerprint density at radius 3 is 0.781 bits per heavy atom. The van der Waals surface area contributed by atoms with E-state index in [4.69, 9.17) is 0 Å². The molecular weight excluding hydrogens is 432 g/mol. The number of phenolic OH excluding ortho intramolecular Hbond substituents is 2. The van der Waals surface area contributed by atoms with Gasteiger partial charge in [0.15, 0.2) is 0 Å². The number of phenols is 2. The van der Waals surface area contributed by atoms with E-state index >= 15 is 0 Å². The monoisotopic (exact) mass is 474 g/mol. The van der Waals surface area contributed by atoms with Gasteiger partial charge in [-0.25, -0.2) is 0 Å². The molecule has 0 aromatic heterocycles. The van der Waals surface area contributed by atoms with Crippen molar-refractivity contribution in [2.24, 2.45) is 0 Å². The Bertz CT molecular complexity index is 827. The fourth-order valence-electron chi connectivity index (χ4n) is 3.72. The molecule has 0 aliphatic heterocycles. The Kier molecular flexibility index (Phi) is 7.45. The van der Waals surface area contributed by atoms with Crippen LogP contribution in [0.15, 0.2) is 34.1 Å². The van der Waals surface area contributed by atoms with Crippen molar-refractivity contribution >= 4 is 21.6 Å². The van der Waals surface area contributed by atoms with Crippen LogP contribution >= 0.6 is 21.6 Å². The Balaban J connectivity index is 2.75. The van der Waals surface area contributed by atoms with Crippen molar-refractivity contribution in [3.05, 3.63) is 46.5 Å². The van der Waals surface area contributed by atoms with E-state index in [2.05, 4.69) is 83.1 Å². The SMILES string of the molecule is CC(C)(C)c1cc(O)cc(C(C)(C)C)c1SSc1c(C(C)(C)C)cc(O)cc1C(C)(C)C. The number of hydrogen-bond acceptors (Lipinski definition) is 4. The second kappa shape index (κ2) is 8.83. The Morgan fingerprint density at radius 1 is 0.438 bits per heavy atom. The molecule has 2 aromatic rings. The number of rotatable bonds is 3. The van der Waals surface area contributed by atoms with Gasteiger partial charge < -0.3 is 10.2 Å². The lowest BCUT2D eigenvalue weighted by Gasteiger charge is -2.32. The zero-order chi connectivity index (χ0) is 24.9. The molecule has 0 atom stereocenters. The number of hydrogen-bond donors (Lipinski definition) is 2. The van der Waals surface area contributed by atoms with E-state index in [1.807, 2.05) is 24.3 Å². The normalized spacial score (nSPS) is 13.5. The molecule has 0 heterocycles. The van der Waals surface area contributed by atoms with Crippen LogP contribution in [0.25, 0.3) is 0 Å². The molecule has 0 bridgehead atoms. The van der Waals surface area contributed by atoms with E-state index in [9.17, 15) is 10.2 Å². The topological polar surface area (TPSA) is 40.5 Å². The van der Waals surface area contributed by atoms with Crippen molar-refractivity contribution < 1.29 is 10.2 Å². The smallest absolute Gasteiger partial charge is 0.116 e. The van der Waals surface area contributed by atoms with E-state index in [1.165, 1.54) is 9.79 Å². The molecule has 0 saturated heterocycles. The number of aromatic hydroxyl groups is 2. The van der Waals surface area contributed by atoms with Gasteiger partial charge in [0, 0.05) is 9.79 Å². The highest BCUT2D eigenvalue weighted by Crippen LogP contribution is 2.52. The van der Waals surface area contributed by atoms with Gasteiger partial charge >= 0.3 is 0 Å². The summed E-state index contributed by atoms with van der Waals surface area (Å²) < 4.78 is 0. The van der Waals surface area contributed by atoms with Crippen LogP contribution in [0, 0.1) is 0 Å². The molecule has 2 nitrogen and oxygen atoms in total. The lowest BCUT2D eigenvalue weighted by atomic mass is 9.80. The molecule has 2 aromatic carbocycles. The van der Waals surface area contributed by atoms with E-state index in [1.54, 1.807) is 21.6 Å². The maximum atomic E-state index is 10.5. The van der Waals surface area contributed by atoms with E-state index in [0.717, 1.165) is 22.3 Å². The fourth-order valence-corrected chi connectivity index (χ4v) is 7.28. The summed E-state index contributed by atoms with van der Waals surface area (Å²) in [6.45, 7) is 26.4. The van der Waals surface area contributed by atoms with Gasteiger partial charge in [-0.05, 0) is 68.2 Å². The Hall–Kier alpha value is -1.26. The third-order valence-electron chi connectivity index (χ3n) is 5.59. The van der Waals surface area contributed by atoms with Crippen molar-refractivity contribution in [2.45, 2.75) is 115 Å². The predicted octanol–water partition coefficient (Wildman–Crippen LogP) is 9.09. The van der Waals surface area contributed by atoms with Crippen LogP contribution in [0.2, 0.25) is 0 Å². The molecule has 0 spiro atoms. The maximum absolute atomic E-state index is 10.5. The minimum atomic E-state index is -0.101. The van der Waals surface area contributed by atoms with Crippen molar-refractivity contribution in [1.29, 1.82) is 0 Å². The van der Waals surface area contributed by atoms with Gasteiger partial charge in [0.1, 0.15) is 11.5 Å². The second-order valence-electron chi connectivity index (χ2n) is 12.9. The predicted molar refractivity (Wildman–Crippen MR) is 143 cm³/mol. The van der Waals surface area contributed by atoms with Crippen LogP contribution in [0.4, 0.5) is 0 Å². The van der Waals surface area contributed by atoms with Gasteiger partial charge in [-0.15, -0.1) is 0 Å². The summed E-state index contributed by atoms with van der Waals surface area (Å²) in [5, 5.41) is 21.0. The van der Waals surface area contributed by atoms with Crippen molar-refractivity contribution in [2.75, 3.05) is 0 Å². The summed E-state index contributed by atoms with van der Waals surface area (Å²) in [6.07, 6.45) is 0. The third kappa shape index (κ3) is 6.20.